The van der Waals surface area contributed by atoms with Crippen molar-refractivity contribution in [1.29, 1.82) is 0 Å². The predicted octanol–water partition coefficient (Wildman–Crippen LogP) is 4.51. The zero-order chi connectivity index (χ0) is 15.5. The number of nitrogens with zero attached hydrogens (tertiary/aromatic N) is 1. The molecule has 0 fully saturated rings. The maximum absolute atomic E-state index is 13.4. The number of carbonyl (C=O) groups is 1. The van der Waals surface area contributed by atoms with Gasteiger partial charge in [0.25, 0.3) is 0 Å². The maximum atomic E-state index is 13.4. The lowest BCUT2D eigenvalue weighted by molar-refractivity contribution is 0.111. The number of hydrogen-bond acceptors (Lipinski definition) is 2. The van der Waals surface area contributed by atoms with E-state index < -0.39 is 5.82 Å². The van der Waals surface area contributed by atoms with Gasteiger partial charge in [-0.05, 0) is 41.5 Å². The quantitative estimate of drug-likeness (QED) is 0.666. The molecule has 0 bridgehead atoms. The summed E-state index contributed by atoms with van der Waals surface area (Å²) in [6, 6.07) is 13.7. The normalized spacial score (nSPS) is 10.5. The van der Waals surface area contributed by atoms with Gasteiger partial charge in [-0.2, -0.15) is 0 Å². The van der Waals surface area contributed by atoms with Crippen molar-refractivity contribution in [2.75, 3.05) is 0 Å². The first kappa shape index (κ1) is 14.1. The van der Waals surface area contributed by atoms with Crippen LogP contribution in [0, 0.1) is 11.6 Å². The minimum Gasteiger partial charge on any atom is -0.296 e. The lowest BCUT2D eigenvalue weighted by Gasteiger charge is -2.08. The highest BCUT2D eigenvalue weighted by molar-refractivity contribution is 5.87. The number of aldehydes is 1. The van der Waals surface area contributed by atoms with Crippen LogP contribution in [0.4, 0.5) is 8.78 Å². The molecule has 0 aliphatic rings. The van der Waals surface area contributed by atoms with Gasteiger partial charge < -0.3 is 0 Å². The molecule has 2 aromatic carbocycles. The van der Waals surface area contributed by atoms with Crippen molar-refractivity contribution in [3.63, 3.8) is 0 Å². The Morgan fingerprint density at radius 2 is 1.45 bits per heavy atom. The van der Waals surface area contributed by atoms with Crippen molar-refractivity contribution < 1.29 is 13.6 Å². The lowest BCUT2D eigenvalue weighted by atomic mass is 9.99. The summed E-state index contributed by atoms with van der Waals surface area (Å²) in [6.07, 6.45) is 2.12. The molecule has 0 spiro atoms. The van der Waals surface area contributed by atoms with Crippen molar-refractivity contribution in [1.82, 2.24) is 4.98 Å². The Morgan fingerprint density at radius 3 is 2.09 bits per heavy atom. The van der Waals surface area contributed by atoms with Gasteiger partial charge in [-0.15, -0.1) is 0 Å². The molecule has 3 rings (SSSR count). The van der Waals surface area contributed by atoms with E-state index in [2.05, 4.69) is 4.98 Å². The third kappa shape index (κ3) is 2.76. The summed E-state index contributed by atoms with van der Waals surface area (Å²) < 4.78 is 26.8. The summed E-state index contributed by atoms with van der Waals surface area (Å²) in [7, 11) is 0. The fourth-order valence-corrected chi connectivity index (χ4v) is 2.28. The molecule has 22 heavy (non-hydrogen) atoms. The zero-order valence-corrected chi connectivity index (χ0v) is 11.5. The standard InChI is InChI=1S/C18H11F2NO/c19-15-5-1-3-12(7-15)14-9-17(18(11-22)21-10-14)13-4-2-6-16(20)8-13/h1-11H. The largest absolute Gasteiger partial charge is 0.296 e. The minimum atomic E-state index is -0.398. The van der Waals surface area contributed by atoms with Crippen LogP contribution in [0.5, 0.6) is 0 Å². The highest BCUT2D eigenvalue weighted by Gasteiger charge is 2.10. The number of hydrogen-bond donors (Lipinski definition) is 0. The number of rotatable bonds is 3. The summed E-state index contributed by atoms with van der Waals surface area (Å²) in [4.78, 5) is 15.3. The van der Waals surface area contributed by atoms with Gasteiger partial charge in [0, 0.05) is 17.3 Å². The maximum Gasteiger partial charge on any atom is 0.169 e. The van der Waals surface area contributed by atoms with E-state index in [0.29, 0.717) is 28.5 Å². The monoisotopic (exact) mass is 295 g/mol. The Kier molecular flexibility index (Phi) is 3.74. The summed E-state index contributed by atoms with van der Waals surface area (Å²) in [5.41, 5.74) is 2.57. The van der Waals surface area contributed by atoms with Gasteiger partial charge in [-0.3, -0.25) is 9.78 Å². The molecule has 0 amide bonds. The van der Waals surface area contributed by atoms with Gasteiger partial charge in [0.15, 0.2) is 6.29 Å². The number of pyridine rings is 1. The van der Waals surface area contributed by atoms with E-state index in [1.807, 2.05) is 0 Å². The van der Waals surface area contributed by atoms with Crippen LogP contribution >= 0.6 is 0 Å². The second-order valence-electron chi connectivity index (χ2n) is 4.80. The summed E-state index contributed by atoms with van der Waals surface area (Å²) in [5, 5.41) is 0. The topological polar surface area (TPSA) is 30.0 Å². The second kappa shape index (κ2) is 5.85. The number of halogens is 2. The molecule has 108 valence electrons. The van der Waals surface area contributed by atoms with E-state index in [9.17, 15) is 13.6 Å². The van der Waals surface area contributed by atoms with Crippen LogP contribution in [0.2, 0.25) is 0 Å². The van der Waals surface area contributed by atoms with Crippen LogP contribution in [0.3, 0.4) is 0 Å². The molecule has 0 atom stereocenters. The number of carbonyl (C=O) groups excluding carboxylic acids is 1. The molecule has 3 aromatic rings. The molecular weight excluding hydrogens is 284 g/mol. The zero-order valence-electron chi connectivity index (χ0n) is 11.5. The molecule has 1 heterocycles. The minimum absolute atomic E-state index is 0.214. The van der Waals surface area contributed by atoms with Crippen LogP contribution in [-0.4, -0.2) is 11.3 Å². The Balaban J connectivity index is 2.17. The molecule has 1 aromatic heterocycles. The third-order valence-corrected chi connectivity index (χ3v) is 3.32. The first-order chi connectivity index (χ1) is 10.7. The molecule has 2 nitrogen and oxygen atoms in total. The van der Waals surface area contributed by atoms with Crippen LogP contribution < -0.4 is 0 Å². The van der Waals surface area contributed by atoms with Crippen molar-refractivity contribution in [3.05, 3.63) is 78.1 Å². The van der Waals surface area contributed by atoms with Gasteiger partial charge in [0.05, 0.1) is 0 Å². The second-order valence-corrected chi connectivity index (χ2v) is 4.80. The molecule has 0 N–H and O–H groups in total. The van der Waals surface area contributed by atoms with Crippen molar-refractivity contribution >= 4 is 6.29 Å². The summed E-state index contributed by atoms with van der Waals surface area (Å²) in [6.45, 7) is 0. The van der Waals surface area contributed by atoms with Gasteiger partial charge in [-0.1, -0.05) is 24.3 Å². The highest BCUT2D eigenvalue weighted by Crippen LogP contribution is 2.28. The fourth-order valence-electron chi connectivity index (χ4n) is 2.28. The lowest BCUT2D eigenvalue weighted by Crippen LogP contribution is -1.94. The molecule has 0 saturated carbocycles. The molecule has 0 saturated heterocycles. The van der Waals surface area contributed by atoms with Crippen LogP contribution in [-0.2, 0) is 0 Å². The fraction of sp³-hybridized carbons (Fsp3) is 0. The Hall–Kier alpha value is -2.88. The Morgan fingerprint density at radius 1 is 0.818 bits per heavy atom. The molecule has 0 aliphatic carbocycles. The third-order valence-electron chi connectivity index (χ3n) is 3.32. The highest BCUT2D eigenvalue weighted by atomic mass is 19.1. The first-order valence-corrected chi connectivity index (χ1v) is 6.64. The summed E-state index contributed by atoms with van der Waals surface area (Å²) in [5.74, 6) is -0.755. The van der Waals surface area contributed by atoms with Crippen molar-refractivity contribution in [2.45, 2.75) is 0 Å². The molecule has 0 aliphatic heterocycles. The Labute approximate surface area is 126 Å². The first-order valence-electron chi connectivity index (χ1n) is 6.64. The predicted molar refractivity (Wildman–Crippen MR) is 80.4 cm³/mol. The molecule has 0 radical (unpaired) electrons. The van der Waals surface area contributed by atoms with Crippen molar-refractivity contribution in [3.8, 4) is 22.3 Å². The van der Waals surface area contributed by atoms with E-state index in [4.69, 9.17) is 0 Å². The SMILES string of the molecule is O=Cc1ncc(-c2cccc(F)c2)cc1-c1cccc(F)c1. The van der Waals surface area contributed by atoms with Crippen LogP contribution in [0.25, 0.3) is 22.3 Å². The average molecular weight is 295 g/mol. The summed E-state index contributed by atoms with van der Waals surface area (Å²) >= 11 is 0. The van der Waals surface area contributed by atoms with Gasteiger partial charge >= 0.3 is 0 Å². The van der Waals surface area contributed by atoms with E-state index in [1.165, 1.54) is 30.5 Å². The average Bonchev–Trinajstić information content (AvgIpc) is 2.54. The smallest absolute Gasteiger partial charge is 0.169 e. The van der Waals surface area contributed by atoms with E-state index in [1.54, 1.807) is 30.3 Å². The van der Waals surface area contributed by atoms with Crippen molar-refractivity contribution in [2.24, 2.45) is 0 Å². The molecular formula is C18H11F2NO. The van der Waals surface area contributed by atoms with Gasteiger partial charge in [0.2, 0.25) is 0 Å². The molecule has 4 heteroatoms. The molecule has 0 unspecified atom stereocenters. The number of aromatic nitrogens is 1. The van der Waals surface area contributed by atoms with Crippen LogP contribution in [0.15, 0.2) is 60.8 Å². The van der Waals surface area contributed by atoms with E-state index in [-0.39, 0.29) is 11.5 Å². The number of benzene rings is 2. The Bertz CT molecular complexity index is 846. The van der Waals surface area contributed by atoms with Gasteiger partial charge in [-0.25, -0.2) is 8.78 Å². The van der Waals surface area contributed by atoms with Crippen LogP contribution in [0.1, 0.15) is 10.5 Å². The van der Waals surface area contributed by atoms with E-state index in [0.717, 1.165) is 0 Å². The van der Waals surface area contributed by atoms with Gasteiger partial charge in [0.1, 0.15) is 17.3 Å². The van der Waals surface area contributed by atoms with E-state index >= 15 is 0 Å².